The molecule has 2 heterocycles. The third kappa shape index (κ3) is 5.17. The Morgan fingerprint density at radius 3 is 2.47 bits per heavy atom. The van der Waals surface area contributed by atoms with Crippen molar-refractivity contribution >= 4 is 40.9 Å². The molecule has 9 heteroatoms. The second-order valence-electron chi connectivity index (χ2n) is 7.50. The molecule has 2 aromatic heterocycles. The third-order valence-electron chi connectivity index (χ3n) is 4.09. The molecule has 0 atom stereocenters. The Hall–Kier alpha value is -2.90. The monoisotopic (exact) mass is 446 g/mol. The number of amides is 1. The van der Waals surface area contributed by atoms with E-state index in [2.05, 4.69) is 15.4 Å². The summed E-state index contributed by atoms with van der Waals surface area (Å²) in [5.74, 6) is -0.908. The number of hydrogen-bond acceptors (Lipinski definition) is 5. The molecule has 1 amide bonds. The molecule has 0 fully saturated rings. The fourth-order valence-electron chi connectivity index (χ4n) is 2.54. The van der Waals surface area contributed by atoms with Crippen LogP contribution < -0.4 is 5.32 Å². The SMILES string of the molecule is CC(C)(C)c1cc(NC(=O)COC(=O)c2nc(Cl)ccc2Cl)n(-c2ccccc2)n1. The number of para-hydroxylation sites is 1. The first kappa shape index (κ1) is 21.8. The van der Waals surface area contributed by atoms with Crippen molar-refractivity contribution in [3.05, 3.63) is 70.1 Å². The fourth-order valence-corrected chi connectivity index (χ4v) is 2.87. The van der Waals surface area contributed by atoms with E-state index in [0.29, 0.717) is 5.82 Å². The van der Waals surface area contributed by atoms with Gasteiger partial charge < -0.3 is 10.1 Å². The van der Waals surface area contributed by atoms with E-state index in [1.54, 1.807) is 10.7 Å². The summed E-state index contributed by atoms with van der Waals surface area (Å²) in [6.07, 6.45) is 0. The topological polar surface area (TPSA) is 86.1 Å². The quantitative estimate of drug-likeness (QED) is 0.454. The maximum atomic E-state index is 12.4. The summed E-state index contributed by atoms with van der Waals surface area (Å²) in [6.45, 7) is 5.56. The molecule has 3 rings (SSSR count). The maximum Gasteiger partial charge on any atom is 0.359 e. The number of carbonyl (C=O) groups excluding carboxylic acids is 2. The summed E-state index contributed by atoms with van der Waals surface area (Å²) in [6, 6.07) is 14.1. The van der Waals surface area contributed by atoms with Crippen LogP contribution in [-0.2, 0) is 14.9 Å². The highest BCUT2D eigenvalue weighted by Gasteiger charge is 2.22. The van der Waals surface area contributed by atoms with Crippen LogP contribution in [0.1, 0.15) is 37.0 Å². The van der Waals surface area contributed by atoms with E-state index in [4.69, 9.17) is 27.9 Å². The van der Waals surface area contributed by atoms with Gasteiger partial charge in [-0.2, -0.15) is 5.10 Å². The lowest BCUT2D eigenvalue weighted by atomic mass is 9.92. The van der Waals surface area contributed by atoms with Gasteiger partial charge >= 0.3 is 5.97 Å². The van der Waals surface area contributed by atoms with Crippen molar-refractivity contribution in [3.63, 3.8) is 0 Å². The lowest BCUT2D eigenvalue weighted by molar-refractivity contribution is -0.119. The van der Waals surface area contributed by atoms with Crippen LogP contribution in [0.5, 0.6) is 0 Å². The molecule has 1 N–H and O–H groups in total. The van der Waals surface area contributed by atoms with E-state index in [1.165, 1.54) is 12.1 Å². The number of ether oxygens (including phenoxy) is 1. The molecule has 3 aromatic rings. The van der Waals surface area contributed by atoms with Crippen LogP contribution in [0.2, 0.25) is 10.2 Å². The second kappa shape index (κ2) is 8.85. The van der Waals surface area contributed by atoms with E-state index in [0.717, 1.165) is 11.4 Å². The summed E-state index contributed by atoms with van der Waals surface area (Å²) < 4.78 is 6.67. The number of carbonyl (C=O) groups is 2. The smallest absolute Gasteiger partial charge is 0.359 e. The molecular weight excluding hydrogens is 427 g/mol. The van der Waals surface area contributed by atoms with Crippen molar-refractivity contribution in [1.82, 2.24) is 14.8 Å². The van der Waals surface area contributed by atoms with Gasteiger partial charge in [0.05, 0.1) is 16.4 Å². The lowest BCUT2D eigenvalue weighted by Crippen LogP contribution is -2.22. The number of aromatic nitrogens is 3. The van der Waals surface area contributed by atoms with Gasteiger partial charge in [0.2, 0.25) is 0 Å². The molecule has 0 spiro atoms. The van der Waals surface area contributed by atoms with E-state index in [-0.39, 0.29) is 21.3 Å². The Bertz CT molecular complexity index is 1080. The van der Waals surface area contributed by atoms with Gasteiger partial charge in [0, 0.05) is 11.5 Å². The maximum absolute atomic E-state index is 12.4. The van der Waals surface area contributed by atoms with Crippen molar-refractivity contribution < 1.29 is 14.3 Å². The summed E-state index contributed by atoms with van der Waals surface area (Å²) in [5, 5.41) is 7.54. The second-order valence-corrected chi connectivity index (χ2v) is 8.30. The molecule has 0 radical (unpaired) electrons. The highest BCUT2D eigenvalue weighted by molar-refractivity contribution is 6.34. The predicted octanol–water partition coefficient (Wildman–Crippen LogP) is 4.67. The number of nitrogens with one attached hydrogen (secondary N) is 1. The molecule has 156 valence electrons. The highest BCUT2D eigenvalue weighted by Crippen LogP contribution is 2.26. The first-order valence-corrected chi connectivity index (χ1v) is 9.86. The number of rotatable bonds is 5. The van der Waals surface area contributed by atoms with Crippen LogP contribution in [-0.4, -0.2) is 33.2 Å². The average Bonchev–Trinajstić information content (AvgIpc) is 3.13. The number of nitrogens with zero attached hydrogens (tertiary/aromatic N) is 3. The van der Waals surface area contributed by atoms with Crippen molar-refractivity contribution in [3.8, 4) is 5.69 Å². The van der Waals surface area contributed by atoms with Crippen molar-refractivity contribution in [2.75, 3.05) is 11.9 Å². The van der Waals surface area contributed by atoms with Gasteiger partial charge in [-0.3, -0.25) is 4.79 Å². The summed E-state index contributed by atoms with van der Waals surface area (Å²) in [5.41, 5.74) is 1.21. The zero-order valence-corrected chi connectivity index (χ0v) is 18.2. The first-order valence-electron chi connectivity index (χ1n) is 9.10. The molecule has 7 nitrogen and oxygen atoms in total. The first-order chi connectivity index (χ1) is 14.1. The van der Waals surface area contributed by atoms with Crippen LogP contribution >= 0.6 is 23.2 Å². The standard InChI is InChI=1S/C21H20Cl2N4O3/c1-21(2,3)15-11-17(27(26-15)13-7-5-4-6-8-13)25-18(28)12-30-20(29)19-14(22)9-10-16(23)24-19/h4-11H,12H2,1-3H3,(H,25,28). The lowest BCUT2D eigenvalue weighted by Gasteiger charge is -2.14. The van der Waals surface area contributed by atoms with Gasteiger partial charge in [-0.1, -0.05) is 62.2 Å². The number of halogens is 2. The molecule has 30 heavy (non-hydrogen) atoms. The molecule has 0 aliphatic heterocycles. The Morgan fingerprint density at radius 1 is 1.10 bits per heavy atom. The number of anilines is 1. The molecule has 0 saturated heterocycles. The minimum atomic E-state index is -0.843. The summed E-state index contributed by atoms with van der Waals surface area (Å²) in [7, 11) is 0. The van der Waals surface area contributed by atoms with E-state index < -0.39 is 18.5 Å². The highest BCUT2D eigenvalue weighted by atomic mass is 35.5. The Kier molecular flexibility index (Phi) is 6.43. The summed E-state index contributed by atoms with van der Waals surface area (Å²) in [4.78, 5) is 28.4. The fraction of sp³-hybridized carbons (Fsp3) is 0.238. The van der Waals surface area contributed by atoms with E-state index >= 15 is 0 Å². The van der Waals surface area contributed by atoms with Gasteiger partial charge in [0.15, 0.2) is 12.3 Å². The van der Waals surface area contributed by atoms with E-state index in [1.807, 2.05) is 51.1 Å². The molecule has 1 aromatic carbocycles. The molecule has 0 unspecified atom stereocenters. The number of pyridine rings is 1. The molecule has 0 aliphatic carbocycles. The van der Waals surface area contributed by atoms with Crippen molar-refractivity contribution in [1.29, 1.82) is 0 Å². The normalized spacial score (nSPS) is 11.2. The van der Waals surface area contributed by atoms with Crippen LogP contribution in [0.4, 0.5) is 5.82 Å². The Balaban J connectivity index is 1.75. The van der Waals surface area contributed by atoms with Crippen LogP contribution in [0.3, 0.4) is 0 Å². The van der Waals surface area contributed by atoms with E-state index in [9.17, 15) is 9.59 Å². The predicted molar refractivity (Wildman–Crippen MR) is 115 cm³/mol. The van der Waals surface area contributed by atoms with Gasteiger partial charge in [-0.25, -0.2) is 14.5 Å². The molecular formula is C21H20Cl2N4O3. The minimum absolute atomic E-state index is 0.0850. The van der Waals surface area contributed by atoms with Gasteiger partial charge in [0.1, 0.15) is 11.0 Å². The average molecular weight is 447 g/mol. The number of esters is 1. The van der Waals surface area contributed by atoms with Crippen molar-refractivity contribution in [2.24, 2.45) is 0 Å². The minimum Gasteiger partial charge on any atom is -0.451 e. The van der Waals surface area contributed by atoms with Crippen LogP contribution in [0.15, 0.2) is 48.5 Å². The zero-order valence-electron chi connectivity index (χ0n) is 16.6. The van der Waals surface area contributed by atoms with Crippen LogP contribution in [0.25, 0.3) is 5.69 Å². The summed E-state index contributed by atoms with van der Waals surface area (Å²) >= 11 is 11.7. The number of hydrogen-bond donors (Lipinski definition) is 1. The van der Waals surface area contributed by atoms with Gasteiger partial charge in [0.25, 0.3) is 5.91 Å². The van der Waals surface area contributed by atoms with Crippen molar-refractivity contribution in [2.45, 2.75) is 26.2 Å². The molecule has 0 saturated carbocycles. The largest absolute Gasteiger partial charge is 0.451 e. The Morgan fingerprint density at radius 2 is 1.80 bits per heavy atom. The third-order valence-corrected chi connectivity index (χ3v) is 4.60. The number of benzene rings is 1. The van der Waals surface area contributed by atoms with Gasteiger partial charge in [-0.15, -0.1) is 0 Å². The van der Waals surface area contributed by atoms with Gasteiger partial charge in [-0.05, 0) is 24.3 Å². The van der Waals surface area contributed by atoms with Crippen LogP contribution in [0, 0.1) is 0 Å². The Labute approximate surface area is 184 Å². The molecule has 0 aliphatic rings. The molecule has 0 bridgehead atoms. The zero-order chi connectivity index (χ0) is 21.9.